The number of carbonyl (C=O) groups excluding carboxylic acids is 1. The first-order chi connectivity index (χ1) is 9.06. The summed E-state index contributed by atoms with van der Waals surface area (Å²) in [6.07, 6.45) is 2.18. The zero-order chi connectivity index (χ0) is 13.8. The predicted octanol–water partition coefficient (Wildman–Crippen LogP) is 1.88. The van der Waals surface area contributed by atoms with E-state index in [1.54, 1.807) is 12.1 Å². The van der Waals surface area contributed by atoms with E-state index in [4.69, 9.17) is 0 Å². The minimum absolute atomic E-state index is 0.138. The van der Waals surface area contributed by atoms with Crippen LogP contribution in [0.5, 0.6) is 5.75 Å². The molecule has 1 aliphatic carbocycles. The molecule has 0 aromatic heterocycles. The molecule has 0 spiro atoms. The highest BCUT2D eigenvalue weighted by molar-refractivity contribution is 5.79. The highest BCUT2D eigenvalue weighted by atomic mass is 16.3. The van der Waals surface area contributed by atoms with Crippen molar-refractivity contribution in [3.8, 4) is 5.75 Å². The molecule has 1 aliphatic rings. The fourth-order valence-electron chi connectivity index (χ4n) is 2.05. The van der Waals surface area contributed by atoms with E-state index in [9.17, 15) is 9.90 Å². The molecule has 19 heavy (non-hydrogen) atoms. The number of aromatic hydroxyl groups is 1. The third kappa shape index (κ3) is 4.24. The number of hydrogen-bond donors (Lipinski definition) is 2. The summed E-state index contributed by atoms with van der Waals surface area (Å²) >= 11 is 0. The van der Waals surface area contributed by atoms with E-state index in [-0.39, 0.29) is 11.7 Å². The van der Waals surface area contributed by atoms with Gasteiger partial charge in [0.25, 0.3) is 0 Å². The zero-order valence-corrected chi connectivity index (χ0v) is 11.6. The Hall–Kier alpha value is -1.55. The molecule has 1 saturated carbocycles. The van der Waals surface area contributed by atoms with E-state index in [1.807, 2.05) is 30.9 Å². The molecule has 0 radical (unpaired) electrons. The number of benzene rings is 1. The third-order valence-electron chi connectivity index (χ3n) is 3.23. The molecule has 0 heterocycles. The number of amides is 1. The molecule has 1 fully saturated rings. The standard InChI is InChI=1S/C15H22N2O2/c1-11(2)16-9-15(19)17(13-6-7-13)10-12-4-3-5-14(18)8-12/h3-5,8,11,13,16,18H,6-7,9-10H2,1-2H3. The summed E-state index contributed by atoms with van der Waals surface area (Å²) in [6, 6.07) is 7.81. The van der Waals surface area contributed by atoms with Crippen LogP contribution >= 0.6 is 0 Å². The van der Waals surface area contributed by atoms with Gasteiger partial charge in [0.2, 0.25) is 5.91 Å². The Labute approximate surface area is 114 Å². The Kier molecular flexibility index (Phi) is 4.43. The lowest BCUT2D eigenvalue weighted by Crippen LogP contribution is -2.41. The van der Waals surface area contributed by atoms with Gasteiger partial charge >= 0.3 is 0 Å². The lowest BCUT2D eigenvalue weighted by molar-refractivity contribution is -0.131. The van der Waals surface area contributed by atoms with Crippen molar-refractivity contribution in [3.05, 3.63) is 29.8 Å². The number of carbonyl (C=O) groups is 1. The Balaban J connectivity index is 1.98. The quantitative estimate of drug-likeness (QED) is 0.823. The summed E-state index contributed by atoms with van der Waals surface area (Å²) in [5.41, 5.74) is 0.977. The molecule has 1 aromatic rings. The zero-order valence-electron chi connectivity index (χ0n) is 11.6. The monoisotopic (exact) mass is 262 g/mol. The van der Waals surface area contributed by atoms with E-state index >= 15 is 0 Å². The predicted molar refractivity (Wildman–Crippen MR) is 74.8 cm³/mol. The maximum atomic E-state index is 12.2. The topological polar surface area (TPSA) is 52.6 Å². The number of nitrogens with one attached hydrogen (secondary N) is 1. The van der Waals surface area contributed by atoms with Crippen LogP contribution in [0.15, 0.2) is 24.3 Å². The summed E-state index contributed by atoms with van der Waals surface area (Å²) < 4.78 is 0. The van der Waals surface area contributed by atoms with Gasteiger partial charge in [-0.1, -0.05) is 26.0 Å². The second-order valence-electron chi connectivity index (χ2n) is 5.46. The van der Waals surface area contributed by atoms with Gasteiger partial charge in [-0.15, -0.1) is 0 Å². The number of nitrogens with zero attached hydrogens (tertiary/aromatic N) is 1. The molecule has 4 heteroatoms. The van der Waals surface area contributed by atoms with Gasteiger partial charge in [0.15, 0.2) is 0 Å². The van der Waals surface area contributed by atoms with E-state index in [1.165, 1.54) is 0 Å². The van der Waals surface area contributed by atoms with Crippen LogP contribution in [0.1, 0.15) is 32.3 Å². The van der Waals surface area contributed by atoms with Crippen molar-refractivity contribution in [1.82, 2.24) is 10.2 Å². The van der Waals surface area contributed by atoms with Gasteiger partial charge in [0.05, 0.1) is 6.54 Å². The van der Waals surface area contributed by atoms with Gasteiger partial charge in [-0.2, -0.15) is 0 Å². The number of hydrogen-bond acceptors (Lipinski definition) is 3. The molecular weight excluding hydrogens is 240 g/mol. The Morgan fingerprint density at radius 3 is 2.79 bits per heavy atom. The largest absolute Gasteiger partial charge is 0.508 e. The summed E-state index contributed by atoms with van der Waals surface area (Å²) in [4.78, 5) is 14.1. The minimum Gasteiger partial charge on any atom is -0.508 e. The molecule has 4 nitrogen and oxygen atoms in total. The molecule has 0 aliphatic heterocycles. The molecule has 2 rings (SSSR count). The molecule has 0 unspecified atom stereocenters. The van der Waals surface area contributed by atoms with Crippen molar-refractivity contribution >= 4 is 5.91 Å². The third-order valence-corrected chi connectivity index (χ3v) is 3.23. The first kappa shape index (κ1) is 13.9. The van der Waals surface area contributed by atoms with Crippen LogP contribution in [0.2, 0.25) is 0 Å². The maximum absolute atomic E-state index is 12.2. The fraction of sp³-hybridized carbons (Fsp3) is 0.533. The van der Waals surface area contributed by atoms with Crippen LogP contribution < -0.4 is 5.32 Å². The second-order valence-corrected chi connectivity index (χ2v) is 5.46. The van der Waals surface area contributed by atoms with E-state index in [2.05, 4.69) is 5.32 Å². The van der Waals surface area contributed by atoms with Crippen molar-refractivity contribution in [3.63, 3.8) is 0 Å². The smallest absolute Gasteiger partial charge is 0.237 e. The minimum atomic E-state index is 0.138. The van der Waals surface area contributed by atoms with Crippen LogP contribution in [-0.4, -0.2) is 34.5 Å². The first-order valence-electron chi connectivity index (χ1n) is 6.87. The Bertz CT molecular complexity index is 442. The molecule has 1 amide bonds. The lowest BCUT2D eigenvalue weighted by atomic mass is 10.2. The Morgan fingerprint density at radius 1 is 1.47 bits per heavy atom. The molecule has 104 valence electrons. The number of phenolic OH excluding ortho intramolecular Hbond substituents is 1. The summed E-state index contributed by atoms with van der Waals surface area (Å²) in [7, 11) is 0. The van der Waals surface area contributed by atoms with Crippen LogP contribution in [-0.2, 0) is 11.3 Å². The van der Waals surface area contributed by atoms with Gasteiger partial charge in [-0.25, -0.2) is 0 Å². The van der Waals surface area contributed by atoms with Crippen LogP contribution in [0.4, 0.5) is 0 Å². The SMILES string of the molecule is CC(C)NCC(=O)N(Cc1cccc(O)c1)C1CC1. The van der Waals surface area contributed by atoms with Gasteiger partial charge in [0.1, 0.15) is 5.75 Å². The molecule has 0 atom stereocenters. The first-order valence-corrected chi connectivity index (χ1v) is 6.87. The van der Waals surface area contributed by atoms with Crippen molar-refractivity contribution in [1.29, 1.82) is 0 Å². The fourth-order valence-corrected chi connectivity index (χ4v) is 2.05. The maximum Gasteiger partial charge on any atom is 0.237 e. The average molecular weight is 262 g/mol. The van der Waals surface area contributed by atoms with Gasteiger partial charge in [-0.05, 0) is 30.5 Å². The van der Waals surface area contributed by atoms with Crippen molar-refractivity contribution in [2.24, 2.45) is 0 Å². The van der Waals surface area contributed by atoms with Gasteiger partial charge < -0.3 is 15.3 Å². The van der Waals surface area contributed by atoms with Gasteiger partial charge in [-0.3, -0.25) is 4.79 Å². The lowest BCUT2D eigenvalue weighted by Gasteiger charge is -2.23. The van der Waals surface area contributed by atoms with E-state index in [0.29, 0.717) is 25.2 Å². The highest BCUT2D eigenvalue weighted by Crippen LogP contribution is 2.28. The Morgan fingerprint density at radius 2 is 2.21 bits per heavy atom. The molecule has 0 bridgehead atoms. The van der Waals surface area contributed by atoms with Crippen LogP contribution in [0, 0.1) is 0 Å². The second kappa shape index (κ2) is 6.06. The normalized spacial score (nSPS) is 14.7. The van der Waals surface area contributed by atoms with Gasteiger partial charge in [0, 0.05) is 18.6 Å². The van der Waals surface area contributed by atoms with E-state index in [0.717, 1.165) is 18.4 Å². The van der Waals surface area contributed by atoms with Crippen LogP contribution in [0.3, 0.4) is 0 Å². The number of rotatable bonds is 6. The summed E-state index contributed by atoms with van der Waals surface area (Å²) in [6.45, 7) is 5.03. The van der Waals surface area contributed by atoms with Crippen LogP contribution in [0.25, 0.3) is 0 Å². The van der Waals surface area contributed by atoms with Crippen molar-refractivity contribution in [2.45, 2.75) is 45.3 Å². The summed E-state index contributed by atoms with van der Waals surface area (Å²) in [5.74, 6) is 0.389. The molecular formula is C15H22N2O2. The number of phenols is 1. The molecule has 2 N–H and O–H groups in total. The van der Waals surface area contributed by atoms with Crippen molar-refractivity contribution < 1.29 is 9.90 Å². The molecule has 0 saturated heterocycles. The highest BCUT2D eigenvalue weighted by Gasteiger charge is 2.32. The average Bonchev–Trinajstić information content (AvgIpc) is 3.17. The van der Waals surface area contributed by atoms with Crippen molar-refractivity contribution in [2.75, 3.05) is 6.54 Å². The molecule has 1 aromatic carbocycles. The summed E-state index contributed by atoms with van der Waals surface area (Å²) in [5, 5.41) is 12.6. The van der Waals surface area contributed by atoms with E-state index < -0.39 is 0 Å².